The molecule has 4 aromatic rings. The molecule has 2 aromatic carbocycles. The summed E-state index contributed by atoms with van der Waals surface area (Å²) in [7, 11) is 0. The van der Waals surface area contributed by atoms with Crippen LogP contribution in [0.4, 0.5) is 0 Å². The molecule has 314 valence electrons. The number of amides is 6. The van der Waals surface area contributed by atoms with Crippen molar-refractivity contribution in [2.45, 2.75) is 114 Å². The highest BCUT2D eigenvalue weighted by Crippen LogP contribution is 2.26. The molecule has 0 unspecified atom stereocenters. The number of nitrogens with two attached hydrogens (primary N) is 1. The summed E-state index contributed by atoms with van der Waals surface area (Å²) in [4.78, 5) is 97.7. The molecule has 0 radical (unpaired) electrons. The lowest BCUT2D eigenvalue weighted by Gasteiger charge is -2.37. The Morgan fingerprint density at radius 1 is 0.780 bits per heavy atom. The van der Waals surface area contributed by atoms with E-state index in [1.54, 1.807) is 12.4 Å². The van der Waals surface area contributed by atoms with E-state index in [4.69, 9.17) is 5.73 Å². The zero-order valence-corrected chi connectivity index (χ0v) is 33.9. The molecule has 3 saturated heterocycles. The number of nitrogens with zero attached hydrogens (tertiary/aromatic N) is 2. The SMILES string of the molecule is CC[C@H](C)[C@@H]1NC(=O)[C@@H](Cc2c[nH]c3ccccc23)NC(=O)[C@@H]2CCCN2C(=O)[C@@H](Cc2c[nH]c3ccccc23)NC(=O)[C@H](CCCN)N(C(=O)[C@H]2CCCCN2)C1=O. The third-order valence-electron chi connectivity index (χ3n) is 12.4. The molecule has 0 spiro atoms. The van der Waals surface area contributed by atoms with Crippen molar-refractivity contribution < 1.29 is 28.8 Å². The fourth-order valence-electron chi connectivity index (χ4n) is 8.91. The maximum atomic E-state index is 15.2. The van der Waals surface area contributed by atoms with Crippen LogP contribution in [-0.4, -0.2) is 111 Å². The van der Waals surface area contributed by atoms with Gasteiger partial charge in [0, 0.05) is 53.6 Å². The normalized spacial score (nSPS) is 25.6. The summed E-state index contributed by atoms with van der Waals surface area (Å²) < 4.78 is 0. The number of hydrogen-bond acceptors (Lipinski definition) is 8. The third kappa shape index (κ3) is 8.91. The Morgan fingerprint density at radius 3 is 2.05 bits per heavy atom. The molecule has 5 heterocycles. The highest BCUT2D eigenvalue weighted by molar-refractivity contribution is 6.06. The molecule has 7 atom stereocenters. The quantitative estimate of drug-likeness (QED) is 0.118. The second-order valence-corrected chi connectivity index (χ2v) is 16.3. The van der Waals surface area contributed by atoms with Crippen LogP contribution in [0.2, 0.25) is 0 Å². The number of imide groups is 1. The van der Waals surface area contributed by atoms with E-state index in [1.807, 2.05) is 62.4 Å². The van der Waals surface area contributed by atoms with Gasteiger partial charge in [-0.2, -0.15) is 0 Å². The lowest BCUT2D eigenvalue weighted by Crippen LogP contribution is -2.64. The van der Waals surface area contributed by atoms with Gasteiger partial charge >= 0.3 is 0 Å². The molecular weight excluding hydrogens is 751 g/mol. The van der Waals surface area contributed by atoms with E-state index in [-0.39, 0.29) is 32.4 Å². The zero-order valence-electron chi connectivity index (χ0n) is 33.9. The Labute approximate surface area is 343 Å². The van der Waals surface area contributed by atoms with Gasteiger partial charge < -0.3 is 41.9 Å². The van der Waals surface area contributed by atoms with Crippen LogP contribution < -0.4 is 27.0 Å². The maximum absolute atomic E-state index is 15.2. The Hall–Kier alpha value is -5.54. The molecule has 3 fully saturated rings. The second kappa shape index (κ2) is 18.6. The molecule has 15 heteroatoms. The molecule has 2 aromatic heterocycles. The van der Waals surface area contributed by atoms with Gasteiger partial charge in [0.15, 0.2) is 0 Å². The van der Waals surface area contributed by atoms with E-state index >= 15 is 4.79 Å². The molecule has 7 rings (SSSR count). The molecular formula is C44H57N9O6. The molecule has 3 aliphatic heterocycles. The van der Waals surface area contributed by atoms with Gasteiger partial charge in [-0.05, 0) is 80.8 Å². The van der Waals surface area contributed by atoms with Crippen molar-refractivity contribution in [3.05, 3.63) is 72.1 Å². The van der Waals surface area contributed by atoms with Crippen molar-refractivity contribution >= 4 is 57.2 Å². The van der Waals surface area contributed by atoms with E-state index in [0.29, 0.717) is 38.6 Å². The van der Waals surface area contributed by atoms with Gasteiger partial charge in [0.25, 0.3) is 5.91 Å². The first-order valence-electron chi connectivity index (χ1n) is 21.2. The summed E-state index contributed by atoms with van der Waals surface area (Å²) in [6.45, 7) is 4.71. The van der Waals surface area contributed by atoms with Crippen LogP contribution in [0.1, 0.15) is 76.3 Å². The molecule has 0 aliphatic carbocycles. The van der Waals surface area contributed by atoms with Crippen LogP contribution in [0.25, 0.3) is 21.8 Å². The fraction of sp³-hybridized carbons (Fsp3) is 0.500. The average molecular weight is 808 g/mol. The van der Waals surface area contributed by atoms with Gasteiger partial charge in [-0.1, -0.05) is 63.1 Å². The van der Waals surface area contributed by atoms with E-state index in [1.165, 1.54) is 4.90 Å². The topological polar surface area (TPSA) is 215 Å². The highest BCUT2D eigenvalue weighted by atomic mass is 16.2. The number of aromatic nitrogens is 2. The molecule has 6 amide bonds. The smallest absolute Gasteiger partial charge is 0.252 e. The monoisotopic (exact) mass is 807 g/mol. The Morgan fingerprint density at radius 2 is 1.42 bits per heavy atom. The Bertz CT molecular complexity index is 2170. The van der Waals surface area contributed by atoms with Gasteiger partial charge in [-0.15, -0.1) is 0 Å². The molecule has 15 nitrogen and oxygen atoms in total. The third-order valence-corrected chi connectivity index (χ3v) is 12.4. The molecule has 3 aliphatic rings. The van der Waals surface area contributed by atoms with Gasteiger partial charge in [0.1, 0.15) is 30.2 Å². The summed E-state index contributed by atoms with van der Waals surface area (Å²) in [6, 6.07) is 8.75. The number of para-hydroxylation sites is 2. The molecule has 59 heavy (non-hydrogen) atoms. The van der Waals surface area contributed by atoms with Crippen molar-refractivity contribution in [2.24, 2.45) is 11.7 Å². The van der Waals surface area contributed by atoms with Gasteiger partial charge in [0.2, 0.25) is 29.5 Å². The summed E-state index contributed by atoms with van der Waals surface area (Å²) in [5.74, 6) is -4.04. The van der Waals surface area contributed by atoms with Gasteiger partial charge in [0.05, 0.1) is 6.04 Å². The summed E-state index contributed by atoms with van der Waals surface area (Å²) in [6.07, 6.45) is 7.53. The van der Waals surface area contributed by atoms with Crippen LogP contribution in [0.3, 0.4) is 0 Å². The van der Waals surface area contributed by atoms with Crippen LogP contribution in [0.15, 0.2) is 60.9 Å². The van der Waals surface area contributed by atoms with Crippen LogP contribution in [0, 0.1) is 5.92 Å². The predicted molar refractivity (Wildman–Crippen MR) is 224 cm³/mol. The predicted octanol–water partition coefficient (Wildman–Crippen LogP) is 2.54. The van der Waals surface area contributed by atoms with Gasteiger partial charge in [-0.25, -0.2) is 0 Å². The van der Waals surface area contributed by atoms with E-state index in [2.05, 4.69) is 31.2 Å². The number of rotatable bonds is 10. The van der Waals surface area contributed by atoms with Crippen LogP contribution in [0.5, 0.6) is 0 Å². The summed E-state index contributed by atoms with van der Waals surface area (Å²) >= 11 is 0. The van der Waals surface area contributed by atoms with Crippen molar-refractivity contribution in [1.82, 2.24) is 41.0 Å². The van der Waals surface area contributed by atoms with Gasteiger partial charge in [-0.3, -0.25) is 33.7 Å². The van der Waals surface area contributed by atoms with E-state index in [0.717, 1.165) is 50.7 Å². The first-order chi connectivity index (χ1) is 28.6. The minimum Gasteiger partial charge on any atom is -0.361 e. The summed E-state index contributed by atoms with van der Waals surface area (Å²) in [5.41, 5.74) is 9.28. The second-order valence-electron chi connectivity index (χ2n) is 16.3. The van der Waals surface area contributed by atoms with E-state index < -0.39 is 77.6 Å². The number of fused-ring (bicyclic) bond motifs is 3. The van der Waals surface area contributed by atoms with Crippen molar-refractivity contribution in [2.75, 3.05) is 19.6 Å². The number of carbonyl (C=O) groups is 6. The highest BCUT2D eigenvalue weighted by Gasteiger charge is 2.46. The Balaban J connectivity index is 1.34. The number of aromatic amines is 2. The largest absolute Gasteiger partial charge is 0.361 e. The number of carbonyl (C=O) groups excluding carboxylic acids is 6. The summed E-state index contributed by atoms with van der Waals surface area (Å²) in [5, 5.41) is 13.9. The van der Waals surface area contributed by atoms with E-state index in [9.17, 15) is 24.0 Å². The van der Waals surface area contributed by atoms with Crippen molar-refractivity contribution in [3.63, 3.8) is 0 Å². The standard InChI is InChI=1S/C44H57N9O6/c1-3-26(2)38-44(59)53(43(58)33-16-8-9-20-46-33)37(17-10-19-45)41(56)50-35(23-28-25-48-32-15-7-5-13-30(28)32)42(57)52-21-11-18-36(52)40(55)49-34(39(54)51-38)22-27-24-47-31-14-6-4-12-29(27)31/h4-7,12-15,24-26,33-38,46-48H,3,8-11,16-23,45H2,1-2H3,(H,49,55)(H,50,56)(H,51,54)/t26-,33+,34+,35+,36-,37-,38-/m0/s1. The lowest BCUT2D eigenvalue weighted by molar-refractivity contribution is -0.157. The Kier molecular flexibility index (Phi) is 13.1. The fourth-order valence-corrected chi connectivity index (χ4v) is 8.91. The van der Waals surface area contributed by atoms with Crippen molar-refractivity contribution in [3.8, 4) is 0 Å². The van der Waals surface area contributed by atoms with Crippen LogP contribution >= 0.6 is 0 Å². The van der Waals surface area contributed by atoms with Crippen molar-refractivity contribution in [1.29, 1.82) is 0 Å². The molecule has 8 N–H and O–H groups in total. The first-order valence-corrected chi connectivity index (χ1v) is 21.2. The minimum atomic E-state index is -1.34. The minimum absolute atomic E-state index is 0.0390. The average Bonchev–Trinajstić information content (AvgIpc) is 4.02. The number of nitrogens with one attached hydrogen (secondary N) is 6. The maximum Gasteiger partial charge on any atom is 0.252 e. The number of benzene rings is 2. The van der Waals surface area contributed by atoms with Crippen LogP contribution in [-0.2, 0) is 41.6 Å². The molecule has 0 saturated carbocycles. The zero-order chi connectivity index (χ0) is 41.6. The number of H-pyrrole nitrogens is 2. The number of hydrogen-bond donors (Lipinski definition) is 7. The molecule has 0 bridgehead atoms. The first kappa shape index (κ1) is 41.6. The lowest BCUT2D eigenvalue weighted by atomic mass is 9.94. The number of piperidine rings is 1.